The van der Waals surface area contributed by atoms with Gasteiger partial charge in [0.25, 0.3) is 0 Å². The van der Waals surface area contributed by atoms with Gasteiger partial charge in [0.05, 0.1) is 37.6 Å². The maximum Gasteiger partial charge on any atom is 0.338 e. The largest absolute Gasteiger partial charge is 0.508 e. The van der Waals surface area contributed by atoms with Crippen molar-refractivity contribution in [2.75, 3.05) is 26.4 Å². The zero-order chi connectivity index (χ0) is 33.7. The highest BCUT2D eigenvalue weighted by atomic mass is 16.5. The molecule has 0 aromatic heterocycles. The van der Waals surface area contributed by atoms with E-state index >= 15 is 0 Å². The summed E-state index contributed by atoms with van der Waals surface area (Å²) in [5.74, 6) is 4.07. The third-order valence-electron chi connectivity index (χ3n) is 13.1. The molecule has 0 saturated heterocycles. The first-order valence-electron chi connectivity index (χ1n) is 17.9. The van der Waals surface area contributed by atoms with Crippen molar-refractivity contribution in [3.63, 3.8) is 0 Å². The monoisotopic (exact) mass is 660 g/mol. The SMILES string of the molecule is C=CC(=O)OCC1C[C@@H]2C3CC(CC3COC(=O)c3cc(O)cc(C(=O)OCC4C[C@@H]5C6CC(CC6COC(=O)C(=C)C)[C@@H]5C4)c3)[C@@H]2C1. The zero-order valence-electron chi connectivity index (χ0n) is 27.9. The smallest absolute Gasteiger partial charge is 0.338 e. The van der Waals surface area contributed by atoms with Crippen molar-refractivity contribution in [2.24, 2.45) is 71.0 Å². The van der Waals surface area contributed by atoms with E-state index in [4.69, 9.17) is 18.9 Å². The van der Waals surface area contributed by atoms with Gasteiger partial charge in [-0.2, -0.15) is 0 Å². The molecule has 1 N–H and O–H groups in total. The summed E-state index contributed by atoms with van der Waals surface area (Å²) in [6, 6.07) is 4.12. The van der Waals surface area contributed by atoms with E-state index in [1.54, 1.807) is 6.92 Å². The standard InChI is InChI=1S/C39H48O9/c1-4-36(41)45-16-21-5-30-24-10-28(33(15-24)34(30)7-21)19-48-39(44)26-11-25(12-29(40)13-26)38(43)46-17-22-6-31-23-9-27(18-47-37(42)20(2)3)32(14-23)35(31)8-22/h4,11-13,21-24,27-28,30-35,40H,1-2,5-10,14-19H2,3H3/t21?,22?,23?,24?,27?,28?,30-,31-,32?,33?,34-,35-/m0/s1. The minimum absolute atomic E-state index is 0.136. The number of hydrogen-bond acceptors (Lipinski definition) is 9. The third-order valence-corrected chi connectivity index (χ3v) is 13.1. The number of phenolic OH excluding ortho intramolecular Hbond substituents is 1. The highest BCUT2D eigenvalue weighted by Gasteiger charge is 2.57. The number of aromatic hydroxyl groups is 1. The maximum absolute atomic E-state index is 13.1. The third kappa shape index (κ3) is 6.41. The Labute approximate surface area is 282 Å². The molecule has 12 atom stereocenters. The Morgan fingerprint density at radius 3 is 1.67 bits per heavy atom. The van der Waals surface area contributed by atoms with Gasteiger partial charge in [0.15, 0.2) is 0 Å². The van der Waals surface area contributed by atoms with Crippen molar-refractivity contribution < 1.29 is 43.2 Å². The predicted molar refractivity (Wildman–Crippen MR) is 174 cm³/mol. The van der Waals surface area contributed by atoms with E-state index in [9.17, 15) is 24.3 Å². The second-order valence-electron chi connectivity index (χ2n) is 15.8. The van der Waals surface area contributed by atoms with Gasteiger partial charge < -0.3 is 24.1 Å². The molecule has 0 amide bonds. The lowest BCUT2D eigenvalue weighted by atomic mass is 9.76. The summed E-state index contributed by atoms with van der Waals surface area (Å²) >= 11 is 0. The molecule has 4 bridgehead atoms. The fraction of sp³-hybridized carbons (Fsp3) is 0.641. The van der Waals surface area contributed by atoms with Gasteiger partial charge in [-0.15, -0.1) is 0 Å². The maximum atomic E-state index is 13.1. The Balaban J connectivity index is 0.876. The molecule has 0 radical (unpaired) electrons. The molecule has 1 aromatic rings. The van der Waals surface area contributed by atoms with E-state index in [1.807, 2.05) is 0 Å². The number of hydrogen-bond donors (Lipinski definition) is 1. The first-order chi connectivity index (χ1) is 23.1. The minimum Gasteiger partial charge on any atom is -0.508 e. The Morgan fingerprint density at radius 2 is 1.15 bits per heavy atom. The van der Waals surface area contributed by atoms with Crippen LogP contribution in [0.3, 0.4) is 0 Å². The number of ether oxygens (including phenoxy) is 4. The predicted octanol–water partition coefficient (Wildman–Crippen LogP) is 6.15. The fourth-order valence-corrected chi connectivity index (χ4v) is 11.3. The van der Waals surface area contributed by atoms with Crippen molar-refractivity contribution in [3.05, 3.63) is 54.1 Å². The van der Waals surface area contributed by atoms with Crippen LogP contribution in [0, 0.1) is 71.0 Å². The Bertz CT molecular complexity index is 1480. The van der Waals surface area contributed by atoms with Crippen molar-refractivity contribution >= 4 is 23.9 Å². The molecule has 48 heavy (non-hydrogen) atoms. The first-order valence-corrected chi connectivity index (χ1v) is 17.9. The summed E-state index contributed by atoms with van der Waals surface area (Å²) in [4.78, 5) is 49.6. The van der Waals surface area contributed by atoms with Crippen LogP contribution in [0.1, 0.15) is 79.0 Å². The molecule has 6 aliphatic rings. The molecule has 8 unspecified atom stereocenters. The van der Waals surface area contributed by atoms with E-state index in [0.717, 1.165) is 44.9 Å². The van der Waals surface area contributed by atoms with Crippen LogP contribution >= 0.6 is 0 Å². The minimum atomic E-state index is -0.557. The van der Waals surface area contributed by atoms with Crippen LogP contribution in [-0.2, 0) is 28.5 Å². The summed E-state index contributed by atoms with van der Waals surface area (Å²) in [5.41, 5.74) is 0.698. The molecular weight excluding hydrogens is 612 g/mol. The van der Waals surface area contributed by atoms with Crippen LogP contribution in [0.4, 0.5) is 0 Å². The van der Waals surface area contributed by atoms with E-state index in [-0.39, 0.29) is 34.7 Å². The van der Waals surface area contributed by atoms with E-state index in [1.165, 1.54) is 30.7 Å². The number of phenols is 1. The van der Waals surface area contributed by atoms with Gasteiger partial charge in [0, 0.05) is 11.6 Å². The number of carbonyl (C=O) groups is 4. The van der Waals surface area contributed by atoms with Crippen molar-refractivity contribution in [3.8, 4) is 5.75 Å². The normalized spacial score (nSPS) is 36.7. The van der Waals surface area contributed by atoms with Crippen molar-refractivity contribution in [2.45, 2.75) is 58.3 Å². The van der Waals surface area contributed by atoms with Gasteiger partial charge in [-0.25, -0.2) is 19.2 Å². The highest BCUT2D eigenvalue weighted by Crippen LogP contribution is 2.63. The molecule has 7 rings (SSSR count). The second-order valence-corrected chi connectivity index (χ2v) is 15.8. The van der Waals surface area contributed by atoms with Gasteiger partial charge in [0.1, 0.15) is 5.75 Å². The molecular formula is C39H48O9. The topological polar surface area (TPSA) is 125 Å². The molecule has 258 valence electrons. The summed E-state index contributed by atoms with van der Waals surface area (Å²) in [7, 11) is 0. The van der Waals surface area contributed by atoms with Crippen LogP contribution in [0.2, 0.25) is 0 Å². The first kappa shape index (κ1) is 32.9. The number of benzene rings is 1. The second kappa shape index (κ2) is 13.4. The molecule has 1 aromatic carbocycles. The molecule has 9 heteroatoms. The van der Waals surface area contributed by atoms with Crippen LogP contribution in [0.25, 0.3) is 0 Å². The number of fused-ring (bicyclic) bond motifs is 10. The summed E-state index contributed by atoms with van der Waals surface area (Å²) < 4.78 is 22.3. The average Bonchev–Trinajstić information content (AvgIpc) is 3.91. The van der Waals surface area contributed by atoms with Crippen molar-refractivity contribution in [1.82, 2.24) is 0 Å². The lowest BCUT2D eigenvalue weighted by molar-refractivity contribution is -0.141. The molecule has 0 heterocycles. The van der Waals surface area contributed by atoms with E-state index in [2.05, 4.69) is 13.2 Å². The van der Waals surface area contributed by atoms with Crippen LogP contribution < -0.4 is 0 Å². The summed E-state index contributed by atoms with van der Waals surface area (Å²) in [6.07, 6.45) is 9.83. The molecule has 0 spiro atoms. The zero-order valence-corrected chi connectivity index (χ0v) is 27.9. The average molecular weight is 661 g/mol. The Hall–Kier alpha value is -3.62. The number of rotatable bonds is 12. The van der Waals surface area contributed by atoms with Crippen LogP contribution in [-0.4, -0.2) is 55.4 Å². The lowest BCUT2D eigenvalue weighted by Crippen LogP contribution is -2.28. The molecule has 6 fully saturated rings. The summed E-state index contributed by atoms with van der Waals surface area (Å²) in [5, 5.41) is 10.4. The van der Waals surface area contributed by atoms with Crippen LogP contribution in [0.5, 0.6) is 5.75 Å². The van der Waals surface area contributed by atoms with Crippen molar-refractivity contribution in [1.29, 1.82) is 0 Å². The Morgan fingerprint density at radius 1 is 0.667 bits per heavy atom. The molecule has 0 aliphatic heterocycles. The molecule has 6 aliphatic carbocycles. The number of carbonyl (C=O) groups excluding carboxylic acids is 4. The van der Waals surface area contributed by atoms with Gasteiger partial charge in [0.2, 0.25) is 0 Å². The van der Waals surface area contributed by atoms with Gasteiger partial charge in [-0.1, -0.05) is 13.2 Å². The highest BCUT2D eigenvalue weighted by molar-refractivity contribution is 5.96. The van der Waals surface area contributed by atoms with E-state index in [0.29, 0.717) is 97.1 Å². The van der Waals surface area contributed by atoms with E-state index < -0.39 is 11.9 Å². The summed E-state index contributed by atoms with van der Waals surface area (Å²) in [6.45, 7) is 10.3. The fourth-order valence-electron chi connectivity index (χ4n) is 11.3. The quantitative estimate of drug-likeness (QED) is 0.160. The molecule has 9 nitrogen and oxygen atoms in total. The number of esters is 4. The van der Waals surface area contributed by atoms with Crippen LogP contribution in [0.15, 0.2) is 43.0 Å². The van der Waals surface area contributed by atoms with Gasteiger partial charge in [-0.3, -0.25) is 0 Å². The molecule has 6 saturated carbocycles. The van der Waals surface area contributed by atoms with Gasteiger partial charge >= 0.3 is 23.9 Å². The Kier molecular flexibility index (Phi) is 9.16. The van der Waals surface area contributed by atoms with Gasteiger partial charge in [-0.05, 0) is 148 Å². The lowest BCUT2D eigenvalue weighted by Gasteiger charge is -2.31.